The minimum absolute atomic E-state index is 0.0262. The smallest absolute Gasteiger partial charge is 0.244 e. The highest BCUT2D eigenvalue weighted by Crippen LogP contribution is 2.27. The van der Waals surface area contributed by atoms with Crippen LogP contribution in [0.2, 0.25) is 10.0 Å². The maximum Gasteiger partial charge on any atom is 0.244 e. The molecular formula is C20H22Cl2FN3O4S. The van der Waals surface area contributed by atoms with Crippen molar-refractivity contribution in [3.05, 3.63) is 63.9 Å². The molecule has 0 saturated carbocycles. The van der Waals surface area contributed by atoms with Crippen molar-refractivity contribution in [2.24, 2.45) is 0 Å². The molecular weight excluding hydrogens is 468 g/mol. The van der Waals surface area contributed by atoms with Crippen LogP contribution >= 0.6 is 23.2 Å². The second-order valence-corrected chi connectivity index (χ2v) is 9.62. The second kappa shape index (κ2) is 10.3. The van der Waals surface area contributed by atoms with E-state index in [1.807, 2.05) is 0 Å². The first-order valence-corrected chi connectivity index (χ1v) is 11.7. The Labute approximate surface area is 190 Å². The molecule has 11 heteroatoms. The fraction of sp³-hybridized carbons (Fsp3) is 0.300. The molecule has 2 amide bonds. The Balaban J connectivity index is 2.40. The number of hydrogen-bond acceptors (Lipinski definition) is 4. The van der Waals surface area contributed by atoms with Crippen molar-refractivity contribution in [2.75, 3.05) is 24.2 Å². The molecule has 2 rings (SSSR count). The Kier molecular flexibility index (Phi) is 8.27. The predicted octanol–water partition coefficient (Wildman–Crippen LogP) is 3.06. The number of hydrogen-bond donors (Lipinski definition) is 1. The lowest BCUT2D eigenvalue weighted by Crippen LogP contribution is -2.50. The minimum atomic E-state index is -3.89. The second-order valence-electron chi connectivity index (χ2n) is 6.84. The molecule has 0 aliphatic carbocycles. The van der Waals surface area contributed by atoms with E-state index in [0.717, 1.165) is 10.6 Å². The molecule has 1 N–H and O–H groups in total. The summed E-state index contributed by atoms with van der Waals surface area (Å²) in [6, 6.07) is 8.70. The number of nitrogens with zero attached hydrogens (tertiary/aromatic N) is 2. The molecule has 0 aliphatic rings. The summed E-state index contributed by atoms with van der Waals surface area (Å²) in [6.07, 6.45) is 0.946. The first kappa shape index (κ1) is 24.9. The topological polar surface area (TPSA) is 86.8 Å². The zero-order valence-corrected chi connectivity index (χ0v) is 19.4. The molecule has 0 aromatic heterocycles. The van der Waals surface area contributed by atoms with Gasteiger partial charge >= 0.3 is 0 Å². The van der Waals surface area contributed by atoms with Gasteiger partial charge < -0.3 is 10.2 Å². The van der Waals surface area contributed by atoms with Gasteiger partial charge in [-0.05, 0) is 42.8 Å². The van der Waals surface area contributed by atoms with Crippen LogP contribution in [0.3, 0.4) is 0 Å². The number of halogens is 3. The number of amides is 2. The fourth-order valence-corrected chi connectivity index (χ4v) is 4.22. The Hall–Kier alpha value is -2.36. The molecule has 31 heavy (non-hydrogen) atoms. The van der Waals surface area contributed by atoms with Crippen LogP contribution in [0.15, 0.2) is 42.5 Å². The number of likely N-dealkylation sites (N-methyl/N-ethyl adjacent to an activating group) is 1. The van der Waals surface area contributed by atoms with Crippen molar-refractivity contribution < 1.29 is 22.4 Å². The third kappa shape index (κ3) is 6.81. The zero-order valence-electron chi connectivity index (χ0n) is 17.1. The SMILES string of the molecule is CNC(=O)C(C)N(Cc1ccc(F)cc1)C(=O)CN(c1cc(Cl)cc(Cl)c1)S(C)(=O)=O. The van der Waals surface area contributed by atoms with Crippen molar-refractivity contribution >= 4 is 50.7 Å². The summed E-state index contributed by atoms with van der Waals surface area (Å²) in [5.74, 6) is -1.52. The van der Waals surface area contributed by atoms with Gasteiger partial charge in [-0.2, -0.15) is 0 Å². The van der Waals surface area contributed by atoms with Gasteiger partial charge in [-0.25, -0.2) is 12.8 Å². The average molecular weight is 490 g/mol. The summed E-state index contributed by atoms with van der Waals surface area (Å²) in [5.41, 5.74) is 0.685. The van der Waals surface area contributed by atoms with Crippen LogP contribution in [-0.2, 0) is 26.2 Å². The average Bonchev–Trinajstić information content (AvgIpc) is 2.68. The maximum atomic E-state index is 13.2. The molecule has 0 heterocycles. The molecule has 1 atom stereocenters. The lowest BCUT2D eigenvalue weighted by atomic mass is 10.1. The van der Waals surface area contributed by atoms with Crippen molar-refractivity contribution in [3.8, 4) is 0 Å². The Morgan fingerprint density at radius 2 is 1.65 bits per heavy atom. The van der Waals surface area contributed by atoms with Crippen LogP contribution in [0, 0.1) is 5.82 Å². The van der Waals surface area contributed by atoms with Crippen LogP contribution in [0.4, 0.5) is 10.1 Å². The van der Waals surface area contributed by atoms with E-state index in [1.54, 1.807) is 0 Å². The third-order valence-electron chi connectivity index (χ3n) is 4.49. The minimum Gasteiger partial charge on any atom is -0.357 e. The third-order valence-corrected chi connectivity index (χ3v) is 6.07. The first-order chi connectivity index (χ1) is 14.4. The van der Waals surface area contributed by atoms with E-state index in [0.29, 0.717) is 5.56 Å². The van der Waals surface area contributed by atoms with Gasteiger partial charge in [0.05, 0.1) is 11.9 Å². The van der Waals surface area contributed by atoms with Crippen molar-refractivity contribution in [1.82, 2.24) is 10.2 Å². The van der Waals surface area contributed by atoms with E-state index in [-0.39, 0.29) is 22.3 Å². The predicted molar refractivity (Wildman–Crippen MR) is 119 cm³/mol. The van der Waals surface area contributed by atoms with Crippen molar-refractivity contribution in [3.63, 3.8) is 0 Å². The van der Waals surface area contributed by atoms with Crippen LogP contribution in [0.1, 0.15) is 12.5 Å². The van der Waals surface area contributed by atoms with E-state index in [2.05, 4.69) is 5.32 Å². The lowest BCUT2D eigenvalue weighted by Gasteiger charge is -2.31. The summed E-state index contributed by atoms with van der Waals surface area (Å²) in [6.45, 7) is 0.904. The molecule has 0 bridgehead atoms. The standard InChI is InChI=1S/C20H22Cl2FN3O4S/c1-13(20(28)24-2)25(11-14-4-6-17(23)7-5-14)19(27)12-26(31(3,29)30)18-9-15(21)8-16(22)10-18/h4-10,13H,11-12H2,1-3H3,(H,24,28). The van der Waals surface area contributed by atoms with Gasteiger partial charge in [-0.1, -0.05) is 35.3 Å². The summed E-state index contributed by atoms with van der Waals surface area (Å²) in [5, 5.41) is 2.86. The highest BCUT2D eigenvalue weighted by atomic mass is 35.5. The molecule has 0 radical (unpaired) electrons. The molecule has 0 spiro atoms. The van der Waals surface area contributed by atoms with Gasteiger partial charge in [0.2, 0.25) is 21.8 Å². The monoisotopic (exact) mass is 489 g/mol. The number of sulfonamides is 1. The molecule has 168 valence electrons. The fourth-order valence-electron chi connectivity index (χ4n) is 2.87. The van der Waals surface area contributed by atoms with Gasteiger partial charge in [0, 0.05) is 23.6 Å². The molecule has 2 aromatic rings. The van der Waals surface area contributed by atoms with Gasteiger partial charge in [0.15, 0.2) is 0 Å². The largest absolute Gasteiger partial charge is 0.357 e. The van der Waals surface area contributed by atoms with E-state index in [9.17, 15) is 22.4 Å². The number of anilines is 1. The number of carbonyl (C=O) groups is 2. The lowest BCUT2D eigenvalue weighted by molar-refractivity contribution is -0.139. The zero-order chi connectivity index (χ0) is 23.3. The highest BCUT2D eigenvalue weighted by molar-refractivity contribution is 7.92. The Morgan fingerprint density at radius 3 is 2.13 bits per heavy atom. The highest BCUT2D eigenvalue weighted by Gasteiger charge is 2.30. The molecule has 0 aliphatic heterocycles. The van der Waals surface area contributed by atoms with E-state index >= 15 is 0 Å². The van der Waals surface area contributed by atoms with Crippen LogP contribution in [-0.4, -0.2) is 51.0 Å². The summed E-state index contributed by atoms with van der Waals surface area (Å²) < 4.78 is 38.9. The maximum absolute atomic E-state index is 13.2. The van der Waals surface area contributed by atoms with Crippen LogP contribution in [0.5, 0.6) is 0 Å². The van der Waals surface area contributed by atoms with E-state index in [4.69, 9.17) is 23.2 Å². The quantitative estimate of drug-likeness (QED) is 0.617. The Morgan fingerprint density at radius 1 is 1.10 bits per heavy atom. The van der Waals surface area contributed by atoms with E-state index in [1.165, 1.54) is 61.3 Å². The molecule has 0 fully saturated rings. The molecule has 2 aromatic carbocycles. The Bertz CT molecular complexity index is 1040. The number of benzene rings is 2. The normalized spacial score (nSPS) is 12.2. The first-order valence-electron chi connectivity index (χ1n) is 9.11. The summed E-state index contributed by atoms with van der Waals surface area (Å²) >= 11 is 12.0. The molecule has 1 unspecified atom stereocenters. The molecule has 7 nitrogen and oxygen atoms in total. The summed E-state index contributed by atoms with van der Waals surface area (Å²) in [4.78, 5) is 26.6. The van der Waals surface area contributed by atoms with Crippen LogP contribution < -0.4 is 9.62 Å². The van der Waals surface area contributed by atoms with Crippen molar-refractivity contribution in [2.45, 2.75) is 19.5 Å². The van der Waals surface area contributed by atoms with Gasteiger partial charge in [0.1, 0.15) is 18.4 Å². The number of nitrogens with one attached hydrogen (secondary N) is 1. The van der Waals surface area contributed by atoms with Gasteiger partial charge in [-0.3, -0.25) is 13.9 Å². The van der Waals surface area contributed by atoms with Gasteiger partial charge in [0.25, 0.3) is 0 Å². The molecule has 0 saturated heterocycles. The van der Waals surface area contributed by atoms with E-state index < -0.39 is 40.2 Å². The van der Waals surface area contributed by atoms with Gasteiger partial charge in [-0.15, -0.1) is 0 Å². The summed E-state index contributed by atoms with van der Waals surface area (Å²) in [7, 11) is -2.46. The van der Waals surface area contributed by atoms with Crippen molar-refractivity contribution in [1.29, 1.82) is 0 Å². The number of carbonyl (C=O) groups excluding carboxylic acids is 2. The van der Waals surface area contributed by atoms with Crippen LogP contribution in [0.25, 0.3) is 0 Å². The number of rotatable bonds is 8.